The Bertz CT molecular complexity index is 1030. The molecule has 1 amide bonds. The summed E-state index contributed by atoms with van der Waals surface area (Å²) in [6.45, 7) is 8.64. The second kappa shape index (κ2) is 10.1. The summed E-state index contributed by atoms with van der Waals surface area (Å²) in [5.41, 5.74) is 3.79. The number of carbonyl (C=O) groups is 1. The molecule has 2 aromatic carbocycles. The molecule has 0 atom stereocenters. The monoisotopic (exact) mass is 488 g/mol. The van der Waals surface area contributed by atoms with Crippen LogP contribution < -0.4 is 14.8 Å². The molecule has 0 bridgehead atoms. The molecule has 1 heterocycles. The van der Waals surface area contributed by atoms with Gasteiger partial charge in [0.1, 0.15) is 11.5 Å². The molecular formula is C23H25BrN2O3S. The first-order valence-electron chi connectivity index (χ1n) is 9.79. The molecular weight excluding hydrogens is 464 g/mol. The number of nitrogens with zero attached hydrogens (tertiary/aromatic N) is 1. The molecule has 0 fully saturated rings. The zero-order chi connectivity index (χ0) is 21.7. The van der Waals surface area contributed by atoms with Gasteiger partial charge in [0.25, 0.3) is 5.91 Å². The first-order valence-corrected chi connectivity index (χ1v) is 11.5. The van der Waals surface area contributed by atoms with Crippen LogP contribution in [0.2, 0.25) is 0 Å². The molecule has 158 valence electrons. The molecule has 7 heteroatoms. The fourth-order valence-corrected chi connectivity index (χ4v) is 4.05. The molecule has 1 aromatic heterocycles. The normalized spacial score (nSPS) is 10.9. The van der Waals surface area contributed by atoms with Gasteiger partial charge >= 0.3 is 0 Å². The molecule has 5 nitrogen and oxygen atoms in total. The summed E-state index contributed by atoms with van der Waals surface area (Å²) in [5, 5.41) is 5.26. The van der Waals surface area contributed by atoms with Crippen molar-refractivity contribution in [1.29, 1.82) is 0 Å². The Morgan fingerprint density at radius 2 is 1.97 bits per heavy atom. The number of amides is 1. The largest absolute Gasteiger partial charge is 0.493 e. The smallest absolute Gasteiger partial charge is 0.264 e. The quantitative estimate of drug-likeness (QED) is 0.397. The molecule has 0 saturated heterocycles. The Hall–Kier alpha value is -2.38. The van der Waals surface area contributed by atoms with Crippen molar-refractivity contribution in [3.63, 3.8) is 0 Å². The molecule has 0 unspecified atom stereocenters. The Balaban J connectivity index is 1.67. The van der Waals surface area contributed by atoms with Crippen LogP contribution in [0.1, 0.15) is 37.8 Å². The number of aromatic nitrogens is 1. The molecule has 0 saturated carbocycles. The van der Waals surface area contributed by atoms with Crippen LogP contribution in [0.15, 0.2) is 46.3 Å². The highest BCUT2D eigenvalue weighted by Gasteiger charge is 2.14. The van der Waals surface area contributed by atoms with Crippen molar-refractivity contribution in [3.05, 3.63) is 57.4 Å². The summed E-state index contributed by atoms with van der Waals surface area (Å²) in [6.07, 6.45) is 0. The lowest BCUT2D eigenvalue weighted by Gasteiger charge is -2.15. The molecule has 0 aliphatic carbocycles. The molecule has 1 N–H and O–H groups in total. The number of aryl methyl sites for hydroxylation is 1. The number of para-hydroxylation sites is 1. The van der Waals surface area contributed by atoms with E-state index in [2.05, 4.69) is 46.1 Å². The van der Waals surface area contributed by atoms with Gasteiger partial charge in [0, 0.05) is 15.4 Å². The highest BCUT2D eigenvalue weighted by Crippen LogP contribution is 2.33. The van der Waals surface area contributed by atoms with Gasteiger partial charge < -0.3 is 9.47 Å². The Kier molecular flexibility index (Phi) is 7.50. The maximum atomic E-state index is 12.4. The summed E-state index contributed by atoms with van der Waals surface area (Å²) in [4.78, 5) is 17.0. The second-order valence-electron chi connectivity index (χ2n) is 7.10. The number of anilines is 1. The molecule has 3 rings (SSSR count). The number of carbonyl (C=O) groups excluding carboxylic acids is 1. The van der Waals surface area contributed by atoms with Crippen LogP contribution in [0.4, 0.5) is 5.13 Å². The highest BCUT2D eigenvalue weighted by molar-refractivity contribution is 9.10. The number of rotatable bonds is 8. The van der Waals surface area contributed by atoms with E-state index in [1.807, 2.05) is 49.6 Å². The minimum absolute atomic E-state index is 0.0781. The first-order chi connectivity index (χ1) is 14.4. The lowest BCUT2D eigenvalue weighted by molar-refractivity contribution is -0.118. The number of ether oxygens (including phenoxy) is 2. The SMILES string of the molecule is CCOc1ccccc1-c1csc(NC(=O)COc2cc(C)c(Br)cc2C(C)C)n1. The van der Waals surface area contributed by atoms with Gasteiger partial charge in [-0.25, -0.2) is 4.98 Å². The summed E-state index contributed by atoms with van der Waals surface area (Å²) in [5.74, 6) is 1.54. The molecule has 30 heavy (non-hydrogen) atoms. The minimum atomic E-state index is -0.246. The van der Waals surface area contributed by atoms with Crippen molar-refractivity contribution in [1.82, 2.24) is 4.98 Å². The Labute approximate surface area is 189 Å². The fourth-order valence-electron chi connectivity index (χ4n) is 2.96. The van der Waals surface area contributed by atoms with Gasteiger partial charge in [0.15, 0.2) is 11.7 Å². The summed E-state index contributed by atoms with van der Waals surface area (Å²) < 4.78 is 12.5. The number of benzene rings is 2. The van der Waals surface area contributed by atoms with Gasteiger partial charge in [-0.05, 0) is 55.2 Å². The predicted molar refractivity (Wildman–Crippen MR) is 126 cm³/mol. The summed E-state index contributed by atoms with van der Waals surface area (Å²) >= 11 is 4.93. The van der Waals surface area contributed by atoms with Gasteiger partial charge in [0.2, 0.25) is 0 Å². The van der Waals surface area contributed by atoms with Crippen molar-refractivity contribution in [3.8, 4) is 22.8 Å². The number of hydrogen-bond donors (Lipinski definition) is 1. The van der Waals surface area contributed by atoms with Crippen molar-refractivity contribution < 1.29 is 14.3 Å². The number of halogens is 1. The average Bonchev–Trinajstić information content (AvgIpc) is 3.17. The van der Waals surface area contributed by atoms with E-state index in [0.29, 0.717) is 11.7 Å². The maximum absolute atomic E-state index is 12.4. The lowest BCUT2D eigenvalue weighted by Crippen LogP contribution is -2.20. The van der Waals surface area contributed by atoms with Crippen molar-refractivity contribution >= 4 is 38.3 Å². The van der Waals surface area contributed by atoms with E-state index in [1.54, 1.807) is 0 Å². The van der Waals surface area contributed by atoms with E-state index in [0.717, 1.165) is 38.4 Å². The third-order valence-electron chi connectivity index (χ3n) is 4.49. The molecule has 3 aromatic rings. The standard InChI is InChI=1S/C23H25BrN2O3S/c1-5-28-20-9-7-6-8-16(20)19-13-30-23(25-19)26-22(27)12-29-21-10-15(4)18(24)11-17(21)14(2)3/h6-11,13-14H,5,12H2,1-4H3,(H,25,26,27). The predicted octanol–water partition coefficient (Wildman–Crippen LogP) is 6.42. The zero-order valence-corrected chi connectivity index (χ0v) is 19.9. The third kappa shape index (κ3) is 5.40. The number of thiazole rings is 1. The average molecular weight is 489 g/mol. The number of hydrogen-bond acceptors (Lipinski definition) is 5. The fraction of sp³-hybridized carbons (Fsp3) is 0.304. The molecule has 0 radical (unpaired) electrons. The van der Waals surface area contributed by atoms with Gasteiger partial charge in [0.05, 0.1) is 12.3 Å². The van der Waals surface area contributed by atoms with E-state index in [9.17, 15) is 4.79 Å². The lowest BCUT2D eigenvalue weighted by atomic mass is 10.0. The van der Waals surface area contributed by atoms with Crippen LogP contribution >= 0.6 is 27.3 Å². The van der Waals surface area contributed by atoms with E-state index < -0.39 is 0 Å². The number of nitrogens with one attached hydrogen (secondary N) is 1. The second-order valence-corrected chi connectivity index (χ2v) is 8.81. The topological polar surface area (TPSA) is 60.5 Å². The van der Waals surface area contributed by atoms with Crippen molar-refractivity contribution in [2.45, 2.75) is 33.6 Å². The van der Waals surface area contributed by atoms with Gasteiger partial charge in [-0.2, -0.15) is 0 Å². The van der Waals surface area contributed by atoms with Crippen molar-refractivity contribution in [2.24, 2.45) is 0 Å². The molecule has 0 aliphatic rings. The van der Waals surface area contributed by atoms with Crippen LogP contribution in [0, 0.1) is 6.92 Å². The summed E-state index contributed by atoms with van der Waals surface area (Å²) in [6, 6.07) is 11.7. The van der Waals surface area contributed by atoms with Gasteiger partial charge in [-0.1, -0.05) is 41.9 Å². The van der Waals surface area contributed by atoms with Crippen LogP contribution in [0.25, 0.3) is 11.3 Å². The van der Waals surface area contributed by atoms with E-state index in [-0.39, 0.29) is 18.4 Å². The third-order valence-corrected chi connectivity index (χ3v) is 6.10. The van der Waals surface area contributed by atoms with Crippen LogP contribution in [0.3, 0.4) is 0 Å². The highest BCUT2D eigenvalue weighted by atomic mass is 79.9. The van der Waals surface area contributed by atoms with Crippen LogP contribution in [-0.4, -0.2) is 24.1 Å². The summed E-state index contributed by atoms with van der Waals surface area (Å²) in [7, 11) is 0. The molecule has 0 spiro atoms. The van der Waals surface area contributed by atoms with E-state index >= 15 is 0 Å². The van der Waals surface area contributed by atoms with Gasteiger partial charge in [-0.3, -0.25) is 10.1 Å². The zero-order valence-electron chi connectivity index (χ0n) is 17.5. The van der Waals surface area contributed by atoms with Crippen LogP contribution in [-0.2, 0) is 4.79 Å². The van der Waals surface area contributed by atoms with E-state index in [4.69, 9.17) is 9.47 Å². The Morgan fingerprint density at radius 1 is 1.20 bits per heavy atom. The Morgan fingerprint density at radius 3 is 2.70 bits per heavy atom. The van der Waals surface area contributed by atoms with Crippen LogP contribution in [0.5, 0.6) is 11.5 Å². The van der Waals surface area contributed by atoms with Gasteiger partial charge in [-0.15, -0.1) is 11.3 Å². The van der Waals surface area contributed by atoms with Crippen molar-refractivity contribution in [2.75, 3.05) is 18.5 Å². The maximum Gasteiger partial charge on any atom is 0.264 e. The van der Waals surface area contributed by atoms with E-state index in [1.165, 1.54) is 11.3 Å². The minimum Gasteiger partial charge on any atom is -0.493 e. The first kappa shape index (κ1) is 22.3. The molecule has 0 aliphatic heterocycles.